The lowest BCUT2D eigenvalue weighted by Crippen LogP contribution is -2.13. The first kappa shape index (κ1) is 15.3. The molecule has 6 nitrogen and oxygen atoms in total. The number of ether oxygens (including phenoxy) is 1. The van der Waals surface area contributed by atoms with E-state index < -0.39 is 10.0 Å². The fourth-order valence-electron chi connectivity index (χ4n) is 1.87. The molecule has 1 aromatic heterocycles. The van der Waals surface area contributed by atoms with Crippen molar-refractivity contribution in [3.8, 4) is 5.75 Å². The number of aryl methyl sites for hydroxylation is 1. The maximum Gasteiger partial charge on any atom is 0.261 e. The minimum atomic E-state index is -3.73. The largest absolute Gasteiger partial charge is 0.496 e. The van der Waals surface area contributed by atoms with Gasteiger partial charge in [-0.15, -0.1) is 0 Å². The molecule has 0 aliphatic heterocycles. The van der Waals surface area contributed by atoms with Gasteiger partial charge in [0.15, 0.2) is 0 Å². The highest BCUT2D eigenvalue weighted by atomic mass is 32.2. The number of rotatable bonds is 5. The average Bonchev–Trinajstić information content (AvgIpc) is 2.46. The molecule has 2 aromatic rings. The molecule has 0 bridgehead atoms. The number of hydrogen-bond acceptors (Lipinski definition) is 5. The van der Waals surface area contributed by atoms with Crippen LogP contribution in [0.3, 0.4) is 0 Å². The number of sulfonamides is 1. The van der Waals surface area contributed by atoms with Gasteiger partial charge in [-0.05, 0) is 37.3 Å². The zero-order valence-corrected chi connectivity index (χ0v) is 12.5. The van der Waals surface area contributed by atoms with Crippen LogP contribution in [0.15, 0.2) is 41.4 Å². The van der Waals surface area contributed by atoms with E-state index in [1.54, 1.807) is 19.1 Å². The highest BCUT2D eigenvalue weighted by molar-refractivity contribution is 7.92. The number of aliphatic hydroxyl groups excluding tert-OH is 1. The van der Waals surface area contributed by atoms with Crippen LogP contribution in [0, 0.1) is 6.92 Å². The fourth-order valence-corrected chi connectivity index (χ4v) is 2.97. The Morgan fingerprint density at radius 3 is 2.67 bits per heavy atom. The van der Waals surface area contributed by atoms with Crippen molar-refractivity contribution in [2.75, 3.05) is 11.8 Å². The lowest BCUT2D eigenvalue weighted by molar-refractivity contribution is 0.273. The molecule has 2 N–H and O–H groups in total. The van der Waals surface area contributed by atoms with E-state index in [0.717, 1.165) is 0 Å². The summed E-state index contributed by atoms with van der Waals surface area (Å²) >= 11 is 0. The highest BCUT2D eigenvalue weighted by Crippen LogP contribution is 2.24. The predicted molar refractivity (Wildman–Crippen MR) is 78.7 cm³/mol. The van der Waals surface area contributed by atoms with Crippen molar-refractivity contribution < 1.29 is 18.3 Å². The Bertz CT molecular complexity index is 744. The van der Waals surface area contributed by atoms with Crippen LogP contribution in [-0.4, -0.2) is 25.6 Å². The van der Waals surface area contributed by atoms with Gasteiger partial charge in [-0.25, -0.2) is 8.42 Å². The summed E-state index contributed by atoms with van der Waals surface area (Å²) in [5.74, 6) is 0.441. The Kier molecular flexibility index (Phi) is 4.44. The molecule has 21 heavy (non-hydrogen) atoms. The number of anilines is 1. The first-order valence-electron chi connectivity index (χ1n) is 6.19. The van der Waals surface area contributed by atoms with Crippen LogP contribution in [0.25, 0.3) is 0 Å². The van der Waals surface area contributed by atoms with Crippen molar-refractivity contribution >= 4 is 15.7 Å². The van der Waals surface area contributed by atoms with Crippen molar-refractivity contribution in [1.29, 1.82) is 0 Å². The summed E-state index contributed by atoms with van der Waals surface area (Å²) in [5.41, 5.74) is 1.55. The van der Waals surface area contributed by atoms with E-state index in [4.69, 9.17) is 4.74 Å². The van der Waals surface area contributed by atoms with Crippen molar-refractivity contribution in [2.45, 2.75) is 18.4 Å². The van der Waals surface area contributed by atoms with Crippen LogP contribution in [0.5, 0.6) is 5.75 Å². The van der Waals surface area contributed by atoms with Gasteiger partial charge < -0.3 is 9.84 Å². The molecule has 0 unspecified atom stereocenters. The molecular formula is C14H16N2O4S. The zero-order chi connectivity index (χ0) is 15.5. The van der Waals surface area contributed by atoms with Crippen molar-refractivity contribution in [2.24, 2.45) is 0 Å². The van der Waals surface area contributed by atoms with E-state index in [2.05, 4.69) is 9.71 Å². The van der Waals surface area contributed by atoms with Gasteiger partial charge in [-0.2, -0.15) is 0 Å². The van der Waals surface area contributed by atoms with Crippen LogP contribution in [0.4, 0.5) is 5.69 Å². The molecule has 7 heteroatoms. The van der Waals surface area contributed by atoms with Crippen LogP contribution < -0.4 is 9.46 Å². The fraction of sp³-hybridized carbons (Fsp3) is 0.214. The molecule has 0 spiro atoms. The minimum Gasteiger partial charge on any atom is -0.496 e. The average molecular weight is 308 g/mol. The number of hydrogen-bond donors (Lipinski definition) is 2. The van der Waals surface area contributed by atoms with Gasteiger partial charge in [0.05, 0.1) is 24.3 Å². The van der Waals surface area contributed by atoms with Crippen LogP contribution in [-0.2, 0) is 16.6 Å². The van der Waals surface area contributed by atoms with E-state index in [-0.39, 0.29) is 11.5 Å². The molecular weight excluding hydrogens is 292 g/mol. The molecule has 2 rings (SSSR count). The number of methoxy groups -OCH3 is 1. The zero-order valence-electron chi connectivity index (χ0n) is 11.7. The van der Waals surface area contributed by atoms with E-state index in [1.165, 1.54) is 31.5 Å². The van der Waals surface area contributed by atoms with Crippen molar-refractivity contribution in [1.82, 2.24) is 4.98 Å². The minimum absolute atomic E-state index is 0.0572. The van der Waals surface area contributed by atoms with E-state index in [1.807, 2.05) is 0 Å². The summed E-state index contributed by atoms with van der Waals surface area (Å²) < 4.78 is 32.2. The molecule has 1 heterocycles. The Hall–Kier alpha value is -2.12. The third-order valence-corrected chi connectivity index (χ3v) is 4.26. The summed E-state index contributed by atoms with van der Waals surface area (Å²) in [7, 11) is -2.27. The van der Waals surface area contributed by atoms with Crippen molar-refractivity contribution in [3.63, 3.8) is 0 Å². The normalized spacial score (nSPS) is 11.2. The first-order valence-corrected chi connectivity index (χ1v) is 7.68. The summed E-state index contributed by atoms with van der Waals surface area (Å²) in [5, 5.41) is 9.26. The third kappa shape index (κ3) is 3.50. The summed E-state index contributed by atoms with van der Waals surface area (Å²) in [6.07, 6.45) is 1.53. The molecule has 0 aliphatic rings. The van der Waals surface area contributed by atoms with Gasteiger partial charge in [0.2, 0.25) is 0 Å². The summed E-state index contributed by atoms with van der Waals surface area (Å²) in [6.45, 7) is 1.47. The topological polar surface area (TPSA) is 88.5 Å². The first-order chi connectivity index (χ1) is 9.96. The Morgan fingerprint density at radius 2 is 2.05 bits per heavy atom. The molecule has 0 amide bonds. The van der Waals surface area contributed by atoms with Gasteiger partial charge in [0, 0.05) is 17.5 Å². The van der Waals surface area contributed by atoms with Gasteiger partial charge in [0.25, 0.3) is 10.0 Å². The summed E-state index contributed by atoms with van der Waals surface area (Å²) in [6, 6.07) is 7.52. The number of benzene rings is 1. The number of aliphatic hydroxyl groups is 1. The number of aromatic nitrogens is 1. The standard InChI is InChI=1S/C14H16N2O4S/c1-10-7-12(5-6-15-10)16-21(18,19)13-3-4-14(20-2)11(8-13)9-17/h3-8,17H,9H2,1-2H3,(H,15,16). The van der Waals surface area contributed by atoms with E-state index in [9.17, 15) is 13.5 Å². The van der Waals surface area contributed by atoms with Gasteiger partial charge in [0.1, 0.15) is 5.75 Å². The number of nitrogens with zero attached hydrogens (tertiary/aromatic N) is 1. The molecule has 1 aromatic carbocycles. The third-order valence-electron chi connectivity index (χ3n) is 2.88. The molecule has 0 saturated carbocycles. The highest BCUT2D eigenvalue weighted by Gasteiger charge is 2.16. The molecule has 0 atom stereocenters. The molecule has 0 radical (unpaired) electrons. The Labute approximate surface area is 123 Å². The quantitative estimate of drug-likeness (QED) is 0.877. The smallest absolute Gasteiger partial charge is 0.261 e. The second-order valence-electron chi connectivity index (χ2n) is 4.42. The van der Waals surface area contributed by atoms with Crippen LogP contribution in [0.2, 0.25) is 0 Å². The van der Waals surface area contributed by atoms with E-state index >= 15 is 0 Å². The van der Waals surface area contributed by atoms with Crippen molar-refractivity contribution in [3.05, 3.63) is 47.8 Å². The molecule has 112 valence electrons. The lowest BCUT2D eigenvalue weighted by Gasteiger charge is -2.11. The predicted octanol–water partition coefficient (Wildman–Crippen LogP) is 1.69. The lowest BCUT2D eigenvalue weighted by atomic mass is 10.2. The van der Waals surface area contributed by atoms with Gasteiger partial charge in [-0.3, -0.25) is 9.71 Å². The van der Waals surface area contributed by atoms with Gasteiger partial charge in [-0.1, -0.05) is 0 Å². The maximum absolute atomic E-state index is 12.3. The second-order valence-corrected chi connectivity index (χ2v) is 6.11. The number of pyridine rings is 1. The van der Waals surface area contributed by atoms with Gasteiger partial charge >= 0.3 is 0 Å². The van der Waals surface area contributed by atoms with Crippen LogP contribution >= 0.6 is 0 Å². The SMILES string of the molecule is COc1ccc(S(=O)(=O)Nc2ccnc(C)c2)cc1CO. The Morgan fingerprint density at radius 1 is 1.29 bits per heavy atom. The summed E-state index contributed by atoms with van der Waals surface area (Å²) in [4.78, 5) is 4.07. The van der Waals surface area contributed by atoms with E-state index in [0.29, 0.717) is 22.7 Å². The number of nitrogens with one attached hydrogen (secondary N) is 1. The second kappa shape index (κ2) is 6.11. The maximum atomic E-state index is 12.3. The monoisotopic (exact) mass is 308 g/mol. The molecule has 0 fully saturated rings. The molecule has 0 saturated heterocycles. The Balaban J connectivity index is 2.35. The molecule has 0 aliphatic carbocycles. The van der Waals surface area contributed by atoms with Crippen LogP contribution in [0.1, 0.15) is 11.3 Å².